The summed E-state index contributed by atoms with van der Waals surface area (Å²) >= 11 is 3.07. The van der Waals surface area contributed by atoms with Crippen LogP contribution in [0.2, 0.25) is 0 Å². The second-order valence-corrected chi connectivity index (χ2v) is 12.1. The van der Waals surface area contributed by atoms with E-state index in [0.717, 1.165) is 59.4 Å². The largest absolute Gasteiger partial charge is 0.462 e. The fourth-order valence-electron chi connectivity index (χ4n) is 5.28. The SMILES string of the molecule is CCOC(=O)c1c(NC(=O)Cn2c(C)nc3sc4c(c3c2=O)CCC(C)C4)sc2c1CCC(C)C2. The summed E-state index contributed by atoms with van der Waals surface area (Å²) in [7, 11) is 0. The van der Waals surface area contributed by atoms with E-state index in [2.05, 4.69) is 24.1 Å². The van der Waals surface area contributed by atoms with Crippen molar-refractivity contribution in [3.63, 3.8) is 0 Å². The number of carbonyl (C=O) groups excluding carboxylic acids is 2. The van der Waals surface area contributed by atoms with Crippen molar-refractivity contribution in [3.05, 3.63) is 42.6 Å². The Hall–Kier alpha value is -2.52. The van der Waals surface area contributed by atoms with E-state index in [9.17, 15) is 14.4 Å². The second-order valence-electron chi connectivity index (χ2n) is 9.91. The molecule has 2 aliphatic carbocycles. The number of fused-ring (bicyclic) bond motifs is 4. The fourth-order valence-corrected chi connectivity index (χ4v) is 8.11. The summed E-state index contributed by atoms with van der Waals surface area (Å²) < 4.78 is 6.77. The van der Waals surface area contributed by atoms with Crippen molar-refractivity contribution in [2.24, 2.45) is 11.8 Å². The van der Waals surface area contributed by atoms with Crippen LogP contribution in [-0.4, -0.2) is 28.0 Å². The molecule has 1 N–H and O–H groups in total. The molecule has 2 aliphatic rings. The van der Waals surface area contributed by atoms with Gasteiger partial charge in [-0.15, -0.1) is 22.7 Å². The zero-order valence-corrected chi connectivity index (χ0v) is 22.3. The van der Waals surface area contributed by atoms with Gasteiger partial charge in [-0.25, -0.2) is 9.78 Å². The van der Waals surface area contributed by atoms with Gasteiger partial charge in [-0.1, -0.05) is 13.8 Å². The van der Waals surface area contributed by atoms with Crippen LogP contribution in [0.1, 0.15) is 70.7 Å². The maximum absolute atomic E-state index is 13.5. The number of rotatable bonds is 5. The van der Waals surface area contributed by atoms with Gasteiger partial charge in [-0.05, 0) is 75.3 Å². The summed E-state index contributed by atoms with van der Waals surface area (Å²) in [6, 6.07) is 0. The Kier molecular flexibility index (Phi) is 6.57. The van der Waals surface area contributed by atoms with Gasteiger partial charge in [-0.2, -0.15) is 0 Å². The number of anilines is 1. The highest BCUT2D eigenvalue weighted by molar-refractivity contribution is 7.18. The molecular weight excluding hydrogens is 482 g/mol. The average Bonchev–Trinajstić information content (AvgIpc) is 3.33. The fraction of sp³-hybridized carbons (Fsp3) is 0.538. The molecule has 0 aliphatic heterocycles. The normalized spacial score (nSPS) is 19.3. The Morgan fingerprint density at radius 2 is 1.74 bits per heavy atom. The Labute approximate surface area is 212 Å². The van der Waals surface area contributed by atoms with E-state index in [-0.39, 0.29) is 24.6 Å². The summed E-state index contributed by atoms with van der Waals surface area (Å²) in [5.74, 6) is 0.932. The molecule has 0 saturated heterocycles. The van der Waals surface area contributed by atoms with Crippen LogP contribution in [0.25, 0.3) is 10.2 Å². The highest BCUT2D eigenvalue weighted by Gasteiger charge is 2.30. The third kappa shape index (κ3) is 4.44. The van der Waals surface area contributed by atoms with Gasteiger partial charge in [0.2, 0.25) is 5.91 Å². The lowest BCUT2D eigenvalue weighted by molar-refractivity contribution is -0.116. The molecule has 7 nitrogen and oxygen atoms in total. The predicted molar refractivity (Wildman–Crippen MR) is 140 cm³/mol. The summed E-state index contributed by atoms with van der Waals surface area (Å²) in [5, 5.41) is 4.12. The summed E-state index contributed by atoms with van der Waals surface area (Å²) in [6.45, 7) is 8.12. The first-order chi connectivity index (χ1) is 16.8. The molecule has 1 amide bonds. The first-order valence-electron chi connectivity index (χ1n) is 12.4. The number of hydrogen-bond donors (Lipinski definition) is 1. The quantitative estimate of drug-likeness (QED) is 0.491. The molecule has 0 radical (unpaired) electrons. The minimum Gasteiger partial charge on any atom is -0.462 e. The van der Waals surface area contributed by atoms with Crippen LogP contribution in [0.15, 0.2) is 4.79 Å². The van der Waals surface area contributed by atoms with Crippen LogP contribution in [0.5, 0.6) is 0 Å². The van der Waals surface area contributed by atoms with Crippen LogP contribution >= 0.6 is 22.7 Å². The lowest BCUT2D eigenvalue weighted by atomic mass is 9.88. The molecule has 0 bridgehead atoms. The molecule has 35 heavy (non-hydrogen) atoms. The molecule has 9 heteroatoms. The molecule has 186 valence electrons. The van der Waals surface area contributed by atoms with Gasteiger partial charge in [0.05, 0.1) is 17.6 Å². The molecule has 3 aromatic rings. The van der Waals surface area contributed by atoms with Gasteiger partial charge in [0.15, 0.2) is 0 Å². The topological polar surface area (TPSA) is 90.3 Å². The number of amides is 1. The molecular formula is C26H31N3O4S2. The van der Waals surface area contributed by atoms with Gasteiger partial charge < -0.3 is 10.1 Å². The number of carbonyl (C=O) groups is 2. The lowest BCUT2D eigenvalue weighted by Gasteiger charge is -2.18. The predicted octanol–water partition coefficient (Wildman–Crippen LogP) is 4.89. The monoisotopic (exact) mass is 513 g/mol. The van der Waals surface area contributed by atoms with Gasteiger partial charge in [-0.3, -0.25) is 14.2 Å². The van der Waals surface area contributed by atoms with Gasteiger partial charge >= 0.3 is 5.97 Å². The smallest absolute Gasteiger partial charge is 0.341 e. The summed E-state index contributed by atoms with van der Waals surface area (Å²) in [6.07, 6.45) is 5.62. The first-order valence-corrected chi connectivity index (χ1v) is 14.0. The number of nitrogens with one attached hydrogen (secondary N) is 1. The Balaban J connectivity index is 1.46. The highest BCUT2D eigenvalue weighted by Crippen LogP contribution is 2.40. The van der Waals surface area contributed by atoms with Crippen molar-refractivity contribution in [1.82, 2.24) is 9.55 Å². The minimum absolute atomic E-state index is 0.143. The Bertz CT molecular complexity index is 1380. The number of aryl methyl sites for hydroxylation is 2. The minimum atomic E-state index is -0.398. The van der Waals surface area contributed by atoms with E-state index in [4.69, 9.17) is 4.74 Å². The molecule has 5 rings (SSSR count). The summed E-state index contributed by atoms with van der Waals surface area (Å²) in [5.41, 5.74) is 2.43. The molecule has 0 saturated carbocycles. The number of esters is 1. The molecule has 3 heterocycles. The van der Waals surface area contributed by atoms with Crippen LogP contribution in [-0.2, 0) is 41.8 Å². The number of hydrogen-bond acceptors (Lipinski definition) is 7. The zero-order valence-electron chi connectivity index (χ0n) is 20.7. The third-order valence-electron chi connectivity index (χ3n) is 7.15. The molecule has 2 atom stereocenters. The number of nitrogens with zero attached hydrogens (tertiary/aromatic N) is 2. The van der Waals surface area contributed by atoms with Crippen molar-refractivity contribution in [3.8, 4) is 0 Å². The van der Waals surface area contributed by atoms with Crippen LogP contribution in [0.3, 0.4) is 0 Å². The van der Waals surface area contributed by atoms with Crippen molar-refractivity contribution in [2.75, 3.05) is 11.9 Å². The Morgan fingerprint density at radius 3 is 2.43 bits per heavy atom. The van der Waals surface area contributed by atoms with E-state index in [1.807, 2.05) is 0 Å². The first kappa shape index (κ1) is 24.2. The highest BCUT2D eigenvalue weighted by atomic mass is 32.1. The van der Waals surface area contributed by atoms with E-state index < -0.39 is 5.97 Å². The molecule has 0 aromatic carbocycles. The van der Waals surface area contributed by atoms with E-state index in [1.54, 1.807) is 25.2 Å². The maximum Gasteiger partial charge on any atom is 0.341 e. The maximum atomic E-state index is 13.5. The van der Waals surface area contributed by atoms with E-state index >= 15 is 0 Å². The third-order valence-corrected chi connectivity index (χ3v) is 9.47. The zero-order chi connectivity index (χ0) is 24.9. The number of aromatic nitrogens is 2. The van der Waals surface area contributed by atoms with Crippen LogP contribution in [0, 0.1) is 18.8 Å². The van der Waals surface area contributed by atoms with Crippen LogP contribution in [0.4, 0.5) is 5.00 Å². The molecule has 2 unspecified atom stereocenters. The molecule has 0 spiro atoms. The second kappa shape index (κ2) is 9.50. The van der Waals surface area contributed by atoms with E-state index in [0.29, 0.717) is 33.6 Å². The Morgan fingerprint density at radius 1 is 1.09 bits per heavy atom. The number of ether oxygens (including phenoxy) is 1. The molecule has 0 fully saturated rings. The van der Waals surface area contributed by atoms with Crippen molar-refractivity contribution in [1.29, 1.82) is 0 Å². The van der Waals surface area contributed by atoms with Gasteiger partial charge in [0, 0.05) is 9.75 Å². The van der Waals surface area contributed by atoms with Gasteiger partial charge in [0.1, 0.15) is 22.2 Å². The average molecular weight is 514 g/mol. The van der Waals surface area contributed by atoms with Crippen molar-refractivity contribution < 1.29 is 14.3 Å². The summed E-state index contributed by atoms with van der Waals surface area (Å²) in [4.78, 5) is 47.3. The standard InChI is InChI=1S/C26H31N3O4S2/c1-5-33-26(32)22-17-9-7-14(3)11-19(17)35-24(22)28-20(30)12-29-15(4)27-23-21(25(29)31)16-8-6-13(2)10-18(16)34-23/h13-14H,5-12H2,1-4H3,(H,28,30). The van der Waals surface area contributed by atoms with Gasteiger partial charge in [0.25, 0.3) is 5.56 Å². The van der Waals surface area contributed by atoms with Crippen molar-refractivity contribution in [2.45, 2.75) is 72.8 Å². The van der Waals surface area contributed by atoms with E-state index in [1.165, 1.54) is 20.8 Å². The van der Waals surface area contributed by atoms with Crippen LogP contribution < -0.4 is 10.9 Å². The molecule has 3 aromatic heterocycles. The lowest BCUT2D eigenvalue weighted by Crippen LogP contribution is -2.30. The van der Waals surface area contributed by atoms with Crippen molar-refractivity contribution >= 4 is 49.8 Å². The number of thiophene rings is 2.